The summed E-state index contributed by atoms with van der Waals surface area (Å²) in [6.45, 7) is 0.0103. The minimum absolute atomic E-state index is 0.0103. The predicted molar refractivity (Wildman–Crippen MR) is 126 cm³/mol. The number of amides is 2. The fraction of sp³-hybridized carbons (Fsp3) is 0.192. The van der Waals surface area contributed by atoms with Gasteiger partial charge in [0.2, 0.25) is 5.91 Å². The highest BCUT2D eigenvalue weighted by Crippen LogP contribution is 2.44. The number of alkyl carbamates (subject to hydrolysis) is 1. The van der Waals surface area contributed by atoms with Crippen LogP contribution in [0.4, 0.5) is 14.9 Å². The number of ether oxygens (including phenoxy) is 2. The maximum atomic E-state index is 13.6. The molecular weight excluding hydrogens is 455 g/mol. The predicted octanol–water partition coefficient (Wildman–Crippen LogP) is 4.15. The molecule has 0 fully saturated rings. The lowest BCUT2D eigenvalue weighted by Crippen LogP contribution is -2.45. The molecule has 180 valence electrons. The van der Waals surface area contributed by atoms with Crippen molar-refractivity contribution >= 4 is 23.7 Å². The second kappa shape index (κ2) is 10.3. The third-order valence-corrected chi connectivity index (χ3v) is 5.75. The van der Waals surface area contributed by atoms with E-state index in [1.807, 2.05) is 48.5 Å². The molecule has 8 nitrogen and oxygen atoms in total. The van der Waals surface area contributed by atoms with Crippen LogP contribution in [0, 0.1) is 5.82 Å². The number of carbonyl (C=O) groups is 3. The van der Waals surface area contributed by atoms with Crippen molar-refractivity contribution in [2.75, 3.05) is 19.0 Å². The van der Waals surface area contributed by atoms with E-state index in [1.54, 1.807) is 0 Å². The zero-order valence-corrected chi connectivity index (χ0v) is 18.8. The molecule has 9 heteroatoms. The first-order valence-electron chi connectivity index (χ1n) is 10.8. The topological polar surface area (TPSA) is 114 Å². The molecule has 0 heterocycles. The van der Waals surface area contributed by atoms with E-state index in [9.17, 15) is 23.9 Å². The lowest BCUT2D eigenvalue weighted by atomic mass is 9.98. The van der Waals surface area contributed by atoms with Gasteiger partial charge in [0.15, 0.2) is 11.6 Å². The summed E-state index contributed by atoms with van der Waals surface area (Å²) in [4.78, 5) is 36.5. The van der Waals surface area contributed by atoms with E-state index in [4.69, 9.17) is 9.47 Å². The Kier molecular flexibility index (Phi) is 6.96. The van der Waals surface area contributed by atoms with Crippen LogP contribution in [0.15, 0.2) is 66.7 Å². The number of anilines is 1. The van der Waals surface area contributed by atoms with E-state index in [2.05, 4.69) is 10.6 Å². The number of hydrogen-bond donors (Lipinski definition) is 3. The Bertz CT molecular complexity index is 1230. The molecule has 3 N–H and O–H groups in total. The quantitative estimate of drug-likeness (QED) is 0.448. The molecule has 3 aromatic rings. The number of hydrogen-bond acceptors (Lipinski definition) is 5. The van der Waals surface area contributed by atoms with Gasteiger partial charge < -0.3 is 25.2 Å². The van der Waals surface area contributed by atoms with Crippen molar-refractivity contribution in [3.05, 3.63) is 83.7 Å². The number of carboxylic acid groups (broad SMARTS) is 1. The van der Waals surface area contributed by atoms with Crippen LogP contribution < -0.4 is 15.4 Å². The normalized spacial score (nSPS) is 12.7. The van der Waals surface area contributed by atoms with Crippen molar-refractivity contribution < 1.29 is 33.4 Å². The summed E-state index contributed by atoms with van der Waals surface area (Å²) in [5.74, 6) is -2.99. The standard InChI is InChI=1S/C26H23FN2O6/c1-34-23-12-15(10-11-21(23)27)28-25(32)22(13-24(30)31)29-26(33)35-14-20-18-8-4-2-6-16(18)17-7-3-5-9-19(17)20/h2-12,20,22H,13-14H2,1H3,(H,28,32)(H,29,33)(H,30,31). The lowest BCUT2D eigenvalue weighted by molar-refractivity contribution is -0.139. The minimum atomic E-state index is -1.42. The number of fused-ring (bicyclic) bond motifs is 3. The summed E-state index contributed by atoms with van der Waals surface area (Å²) in [6, 6.07) is 17.9. The summed E-state index contributed by atoms with van der Waals surface area (Å²) < 4.78 is 23.9. The molecule has 4 rings (SSSR count). The summed E-state index contributed by atoms with van der Waals surface area (Å²) in [5.41, 5.74) is 4.35. The zero-order chi connectivity index (χ0) is 24.9. The van der Waals surface area contributed by atoms with E-state index >= 15 is 0 Å². The Hall–Kier alpha value is -4.40. The number of halogens is 1. The minimum Gasteiger partial charge on any atom is -0.494 e. The van der Waals surface area contributed by atoms with Crippen LogP contribution in [0.1, 0.15) is 23.5 Å². The second-order valence-electron chi connectivity index (χ2n) is 7.96. The Balaban J connectivity index is 1.43. The highest BCUT2D eigenvalue weighted by Gasteiger charge is 2.30. The number of rotatable bonds is 8. The molecule has 1 aliphatic rings. The first-order valence-corrected chi connectivity index (χ1v) is 10.8. The van der Waals surface area contributed by atoms with Crippen molar-refractivity contribution in [1.82, 2.24) is 5.32 Å². The largest absolute Gasteiger partial charge is 0.494 e. The van der Waals surface area contributed by atoms with E-state index in [0.717, 1.165) is 28.3 Å². The van der Waals surface area contributed by atoms with Gasteiger partial charge in [-0.25, -0.2) is 9.18 Å². The smallest absolute Gasteiger partial charge is 0.407 e. The number of aliphatic carboxylic acids is 1. The Labute approximate surface area is 200 Å². The van der Waals surface area contributed by atoms with Crippen molar-refractivity contribution in [2.24, 2.45) is 0 Å². The van der Waals surface area contributed by atoms with Crippen molar-refractivity contribution in [1.29, 1.82) is 0 Å². The molecule has 0 spiro atoms. The fourth-order valence-corrected chi connectivity index (χ4v) is 4.13. The third kappa shape index (κ3) is 5.24. The Morgan fingerprint density at radius 1 is 1.00 bits per heavy atom. The van der Waals surface area contributed by atoms with Crippen molar-refractivity contribution in [3.8, 4) is 16.9 Å². The first kappa shape index (κ1) is 23.7. The number of benzene rings is 3. The van der Waals surface area contributed by atoms with Crippen LogP contribution in [0.5, 0.6) is 5.75 Å². The molecule has 1 atom stereocenters. The summed E-state index contributed by atoms with van der Waals surface area (Å²) in [6.07, 6.45) is -1.60. The molecule has 0 aliphatic heterocycles. The molecule has 0 saturated carbocycles. The summed E-state index contributed by atoms with van der Waals surface area (Å²) in [7, 11) is 1.27. The number of carbonyl (C=O) groups excluding carboxylic acids is 2. The Morgan fingerprint density at radius 3 is 2.23 bits per heavy atom. The lowest BCUT2D eigenvalue weighted by Gasteiger charge is -2.19. The second-order valence-corrected chi connectivity index (χ2v) is 7.96. The van der Waals surface area contributed by atoms with Gasteiger partial charge in [-0.05, 0) is 34.4 Å². The van der Waals surface area contributed by atoms with Crippen LogP contribution in [-0.4, -0.2) is 42.8 Å². The molecule has 35 heavy (non-hydrogen) atoms. The third-order valence-electron chi connectivity index (χ3n) is 5.75. The molecule has 0 saturated heterocycles. The number of nitrogens with one attached hydrogen (secondary N) is 2. The summed E-state index contributed by atoms with van der Waals surface area (Å²) >= 11 is 0. The average molecular weight is 478 g/mol. The van der Waals surface area contributed by atoms with Crippen molar-refractivity contribution in [2.45, 2.75) is 18.4 Å². The monoisotopic (exact) mass is 478 g/mol. The average Bonchev–Trinajstić information content (AvgIpc) is 3.17. The van der Waals surface area contributed by atoms with Gasteiger partial charge in [0.25, 0.3) is 0 Å². The van der Waals surface area contributed by atoms with Gasteiger partial charge in [-0.1, -0.05) is 48.5 Å². The van der Waals surface area contributed by atoms with Gasteiger partial charge in [0.05, 0.1) is 13.5 Å². The van der Waals surface area contributed by atoms with Crippen LogP contribution in [0.3, 0.4) is 0 Å². The molecule has 0 radical (unpaired) electrons. The molecule has 3 aromatic carbocycles. The van der Waals surface area contributed by atoms with E-state index in [0.29, 0.717) is 0 Å². The van der Waals surface area contributed by atoms with Gasteiger partial charge in [0, 0.05) is 17.7 Å². The molecule has 1 unspecified atom stereocenters. The van der Waals surface area contributed by atoms with Gasteiger partial charge >= 0.3 is 12.1 Å². The van der Waals surface area contributed by atoms with Crippen molar-refractivity contribution in [3.63, 3.8) is 0 Å². The number of methoxy groups -OCH3 is 1. The number of carboxylic acids is 1. The molecular formula is C26H23FN2O6. The maximum absolute atomic E-state index is 13.6. The molecule has 2 amide bonds. The SMILES string of the molecule is COc1cc(NC(=O)C(CC(=O)O)NC(=O)OCC2c3ccccc3-c3ccccc32)ccc1F. The van der Waals surface area contributed by atoms with Crippen LogP contribution in [0.25, 0.3) is 11.1 Å². The van der Waals surface area contributed by atoms with Crippen LogP contribution >= 0.6 is 0 Å². The zero-order valence-electron chi connectivity index (χ0n) is 18.8. The Morgan fingerprint density at radius 2 is 1.63 bits per heavy atom. The van der Waals surface area contributed by atoms with Crippen LogP contribution in [-0.2, 0) is 14.3 Å². The summed E-state index contributed by atoms with van der Waals surface area (Å²) in [5, 5.41) is 14.0. The highest BCUT2D eigenvalue weighted by atomic mass is 19.1. The molecule has 1 aliphatic carbocycles. The van der Waals surface area contributed by atoms with E-state index in [-0.39, 0.29) is 24.0 Å². The first-order chi connectivity index (χ1) is 16.9. The molecule has 0 aromatic heterocycles. The molecule has 0 bridgehead atoms. The van der Waals surface area contributed by atoms with Gasteiger partial charge in [-0.3, -0.25) is 9.59 Å². The van der Waals surface area contributed by atoms with Gasteiger partial charge in [0.1, 0.15) is 12.6 Å². The maximum Gasteiger partial charge on any atom is 0.407 e. The fourth-order valence-electron chi connectivity index (χ4n) is 4.13. The van der Waals surface area contributed by atoms with Gasteiger partial charge in [-0.2, -0.15) is 0 Å². The van der Waals surface area contributed by atoms with E-state index in [1.165, 1.54) is 19.2 Å². The highest BCUT2D eigenvalue weighted by molar-refractivity contribution is 5.98. The van der Waals surface area contributed by atoms with Gasteiger partial charge in [-0.15, -0.1) is 0 Å². The van der Waals surface area contributed by atoms with Crippen LogP contribution in [0.2, 0.25) is 0 Å². The van der Waals surface area contributed by atoms with E-state index < -0.39 is 36.2 Å².